The number of para-hydroxylation sites is 1. The fourth-order valence-electron chi connectivity index (χ4n) is 2.41. The molecule has 3 rings (SSSR count). The Morgan fingerprint density at radius 3 is 2.94 bits per heavy atom. The molecule has 1 unspecified atom stereocenters. The summed E-state index contributed by atoms with van der Waals surface area (Å²) < 4.78 is 10.7. The molecule has 4 nitrogen and oxygen atoms in total. The van der Waals surface area contributed by atoms with Crippen LogP contribution in [0.25, 0.3) is 0 Å². The van der Waals surface area contributed by atoms with E-state index >= 15 is 0 Å². The molecule has 0 saturated carbocycles. The molecule has 0 saturated heterocycles. The van der Waals surface area contributed by atoms with Crippen LogP contribution in [0, 0.1) is 6.92 Å². The zero-order valence-electron chi connectivity index (χ0n) is 10.5. The summed E-state index contributed by atoms with van der Waals surface area (Å²) in [7, 11) is 1.71. The van der Waals surface area contributed by atoms with E-state index in [1.54, 1.807) is 19.6 Å². The Morgan fingerprint density at radius 2 is 2.11 bits per heavy atom. The molecule has 1 atom stereocenters. The number of methoxy groups -OCH3 is 1. The molecular formula is C14H16N2O2. The van der Waals surface area contributed by atoms with E-state index in [0.717, 1.165) is 34.8 Å². The van der Waals surface area contributed by atoms with Crippen LogP contribution in [0.1, 0.15) is 17.2 Å². The van der Waals surface area contributed by atoms with Crippen LogP contribution >= 0.6 is 0 Å². The highest BCUT2D eigenvalue weighted by molar-refractivity contribution is 5.70. The van der Waals surface area contributed by atoms with Crippen LogP contribution in [-0.4, -0.2) is 13.7 Å². The van der Waals surface area contributed by atoms with Gasteiger partial charge < -0.3 is 19.8 Å². The van der Waals surface area contributed by atoms with E-state index in [1.165, 1.54) is 0 Å². The summed E-state index contributed by atoms with van der Waals surface area (Å²) in [6.07, 6.45) is 3.43. The van der Waals surface area contributed by atoms with Crippen LogP contribution in [-0.2, 0) is 0 Å². The molecule has 2 heterocycles. The smallest absolute Gasteiger partial charge is 0.127 e. The lowest BCUT2D eigenvalue weighted by Crippen LogP contribution is -2.25. The van der Waals surface area contributed by atoms with Gasteiger partial charge in [-0.15, -0.1) is 0 Å². The van der Waals surface area contributed by atoms with Gasteiger partial charge in [-0.25, -0.2) is 0 Å². The second-order valence-corrected chi connectivity index (χ2v) is 4.47. The van der Waals surface area contributed by atoms with Gasteiger partial charge in [0.25, 0.3) is 0 Å². The van der Waals surface area contributed by atoms with E-state index in [-0.39, 0.29) is 6.04 Å². The lowest BCUT2D eigenvalue weighted by atomic mass is 10.0. The number of anilines is 2. The predicted molar refractivity (Wildman–Crippen MR) is 71.3 cm³/mol. The molecule has 1 aliphatic heterocycles. The second kappa shape index (κ2) is 4.29. The maximum atomic E-state index is 5.51. The third-order valence-electron chi connectivity index (χ3n) is 3.31. The van der Waals surface area contributed by atoms with Crippen LogP contribution < -0.4 is 15.4 Å². The molecule has 2 N–H and O–H groups in total. The zero-order chi connectivity index (χ0) is 12.5. The highest BCUT2D eigenvalue weighted by Gasteiger charge is 2.23. The molecular weight excluding hydrogens is 228 g/mol. The number of furan rings is 1. The van der Waals surface area contributed by atoms with E-state index < -0.39 is 0 Å². The van der Waals surface area contributed by atoms with Gasteiger partial charge in [-0.1, -0.05) is 18.2 Å². The number of ether oxygens (including phenoxy) is 1. The summed E-state index contributed by atoms with van der Waals surface area (Å²) in [5.74, 6) is 0.948. The first kappa shape index (κ1) is 11.0. The topological polar surface area (TPSA) is 46.4 Å². The Morgan fingerprint density at radius 1 is 1.28 bits per heavy atom. The molecule has 4 heteroatoms. The SMILES string of the molecule is COc1c(C)cccc1C1CNc2cocc2N1. The minimum absolute atomic E-state index is 0.185. The summed E-state index contributed by atoms with van der Waals surface area (Å²) in [4.78, 5) is 0. The Bertz CT molecular complexity index is 563. The molecule has 1 aromatic carbocycles. The standard InChI is InChI=1S/C14H16N2O2/c1-9-4-3-5-10(14(9)17-2)11-6-15-12-7-18-8-13(12)16-11/h3-5,7-8,11,15-16H,6H2,1-2H3. The van der Waals surface area contributed by atoms with Crippen molar-refractivity contribution in [3.63, 3.8) is 0 Å². The Kier molecular flexibility index (Phi) is 2.63. The lowest BCUT2D eigenvalue weighted by molar-refractivity contribution is 0.404. The van der Waals surface area contributed by atoms with Gasteiger partial charge >= 0.3 is 0 Å². The first-order chi connectivity index (χ1) is 8.79. The normalized spacial score (nSPS) is 17.6. The van der Waals surface area contributed by atoms with Gasteiger partial charge in [-0.05, 0) is 12.5 Å². The number of fused-ring (bicyclic) bond motifs is 1. The summed E-state index contributed by atoms with van der Waals surface area (Å²) in [5, 5.41) is 6.81. The van der Waals surface area contributed by atoms with Crippen LogP contribution in [0.2, 0.25) is 0 Å². The maximum absolute atomic E-state index is 5.51. The maximum Gasteiger partial charge on any atom is 0.127 e. The highest BCUT2D eigenvalue weighted by Crippen LogP contribution is 2.36. The van der Waals surface area contributed by atoms with Crippen molar-refractivity contribution in [3.8, 4) is 5.75 Å². The summed E-state index contributed by atoms with van der Waals surface area (Å²) >= 11 is 0. The van der Waals surface area contributed by atoms with Crippen LogP contribution in [0.5, 0.6) is 5.75 Å². The fraction of sp³-hybridized carbons (Fsp3) is 0.286. The lowest BCUT2D eigenvalue weighted by Gasteiger charge is -2.27. The number of hydrogen-bond acceptors (Lipinski definition) is 4. The highest BCUT2D eigenvalue weighted by atomic mass is 16.5. The van der Waals surface area contributed by atoms with Gasteiger partial charge in [-0.3, -0.25) is 0 Å². The molecule has 0 spiro atoms. The third kappa shape index (κ3) is 1.70. The number of rotatable bonds is 2. The van der Waals surface area contributed by atoms with Gasteiger partial charge in [0, 0.05) is 12.1 Å². The number of benzene rings is 1. The molecule has 0 bridgehead atoms. The van der Waals surface area contributed by atoms with Crippen LogP contribution in [0.4, 0.5) is 11.4 Å². The number of nitrogens with one attached hydrogen (secondary N) is 2. The predicted octanol–water partition coefficient (Wildman–Crippen LogP) is 3.18. The quantitative estimate of drug-likeness (QED) is 0.851. The van der Waals surface area contributed by atoms with Crippen molar-refractivity contribution >= 4 is 11.4 Å². The van der Waals surface area contributed by atoms with Crippen LogP contribution in [0.3, 0.4) is 0 Å². The molecule has 18 heavy (non-hydrogen) atoms. The van der Waals surface area contributed by atoms with Gasteiger partial charge in [0.05, 0.1) is 24.5 Å². The average Bonchev–Trinajstić information content (AvgIpc) is 2.85. The van der Waals surface area contributed by atoms with E-state index in [2.05, 4.69) is 35.8 Å². The van der Waals surface area contributed by atoms with Crippen molar-refractivity contribution in [1.82, 2.24) is 0 Å². The molecule has 0 amide bonds. The minimum atomic E-state index is 0.185. The van der Waals surface area contributed by atoms with Crippen molar-refractivity contribution in [1.29, 1.82) is 0 Å². The van der Waals surface area contributed by atoms with Crippen molar-refractivity contribution in [3.05, 3.63) is 41.9 Å². The third-order valence-corrected chi connectivity index (χ3v) is 3.31. The van der Waals surface area contributed by atoms with E-state index in [0.29, 0.717) is 0 Å². The van der Waals surface area contributed by atoms with Gasteiger partial charge in [0.15, 0.2) is 0 Å². The minimum Gasteiger partial charge on any atom is -0.496 e. The molecule has 94 valence electrons. The Balaban J connectivity index is 1.95. The largest absolute Gasteiger partial charge is 0.496 e. The van der Waals surface area contributed by atoms with Crippen molar-refractivity contribution < 1.29 is 9.15 Å². The van der Waals surface area contributed by atoms with E-state index in [9.17, 15) is 0 Å². The van der Waals surface area contributed by atoms with Crippen molar-refractivity contribution in [2.45, 2.75) is 13.0 Å². The molecule has 1 aliphatic rings. The fourth-order valence-corrected chi connectivity index (χ4v) is 2.41. The van der Waals surface area contributed by atoms with Gasteiger partial charge in [-0.2, -0.15) is 0 Å². The molecule has 0 aliphatic carbocycles. The molecule has 1 aromatic heterocycles. The van der Waals surface area contributed by atoms with Crippen LogP contribution in [0.15, 0.2) is 35.1 Å². The first-order valence-corrected chi connectivity index (χ1v) is 5.99. The van der Waals surface area contributed by atoms with E-state index in [1.807, 2.05) is 0 Å². The Labute approximate surface area is 106 Å². The van der Waals surface area contributed by atoms with Crippen molar-refractivity contribution in [2.24, 2.45) is 0 Å². The molecule has 0 fully saturated rings. The van der Waals surface area contributed by atoms with Gasteiger partial charge in [0.2, 0.25) is 0 Å². The second-order valence-electron chi connectivity index (χ2n) is 4.47. The summed E-state index contributed by atoms with van der Waals surface area (Å²) in [6, 6.07) is 6.39. The first-order valence-electron chi connectivity index (χ1n) is 5.99. The average molecular weight is 244 g/mol. The monoisotopic (exact) mass is 244 g/mol. The van der Waals surface area contributed by atoms with E-state index in [4.69, 9.17) is 9.15 Å². The molecule has 0 radical (unpaired) electrons. The van der Waals surface area contributed by atoms with Gasteiger partial charge in [0.1, 0.15) is 18.3 Å². The summed E-state index contributed by atoms with van der Waals surface area (Å²) in [6.45, 7) is 2.87. The van der Waals surface area contributed by atoms with Crippen molar-refractivity contribution in [2.75, 3.05) is 24.3 Å². The molecule has 2 aromatic rings. The number of hydrogen-bond donors (Lipinski definition) is 2. The summed E-state index contributed by atoms with van der Waals surface area (Å²) in [5.41, 5.74) is 4.32. The Hall–Kier alpha value is -2.10. The zero-order valence-corrected chi connectivity index (χ0v) is 10.5. The number of aryl methyl sites for hydroxylation is 1.